The molecular weight excluding hydrogens is 292 g/mol. The number of hydrogen-bond acceptors (Lipinski definition) is 4. The normalized spacial score (nSPS) is 10.5. The summed E-state index contributed by atoms with van der Waals surface area (Å²) < 4.78 is 27.8. The van der Waals surface area contributed by atoms with Crippen molar-refractivity contribution in [3.05, 3.63) is 66.0 Å². The van der Waals surface area contributed by atoms with Crippen LogP contribution in [0.5, 0.6) is 0 Å². The van der Waals surface area contributed by atoms with Gasteiger partial charge in [-0.3, -0.25) is 4.79 Å². The van der Waals surface area contributed by atoms with Gasteiger partial charge in [-0.25, -0.2) is 13.5 Å². The van der Waals surface area contributed by atoms with Crippen molar-refractivity contribution in [1.82, 2.24) is 20.2 Å². The molecule has 0 aliphatic heterocycles. The molecule has 1 heterocycles. The molecule has 22 heavy (non-hydrogen) atoms. The standard InChI is InChI=1S/C14H9F2N5O/c15-9-1-6-12(13(16)7-9)14(22)18-10-2-4-11(5-3-10)21-8-17-19-20-21/h1-8H,(H,18,22). The lowest BCUT2D eigenvalue weighted by molar-refractivity contribution is 0.102. The SMILES string of the molecule is O=C(Nc1ccc(-n2cnnn2)cc1)c1ccc(F)cc1F. The molecule has 2 aromatic carbocycles. The third-order valence-corrected chi connectivity index (χ3v) is 2.91. The van der Waals surface area contributed by atoms with Gasteiger partial charge in [0.1, 0.15) is 18.0 Å². The van der Waals surface area contributed by atoms with Gasteiger partial charge in [-0.15, -0.1) is 5.10 Å². The van der Waals surface area contributed by atoms with Gasteiger partial charge >= 0.3 is 0 Å². The number of nitrogens with zero attached hydrogens (tertiary/aromatic N) is 4. The number of anilines is 1. The fourth-order valence-corrected chi connectivity index (χ4v) is 1.85. The number of carbonyl (C=O) groups excluding carboxylic acids is 1. The monoisotopic (exact) mass is 301 g/mol. The Bertz CT molecular complexity index is 803. The summed E-state index contributed by atoms with van der Waals surface area (Å²) in [6.45, 7) is 0. The number of nitrogens with one attached hydrogen (secondary N) is 1. The predicted octanol–water partition coefficient (Wildman–Crippen LogP) is 2.19. The molecule has 1 N–H and O–H groups in total. The first kappa shape index (κ1) is 13.8. The molecule has 0 fully saturated rings. The van der Waals surface area contributed by atoms with Gasteiger partial charge in [-0.05, 0) is 46.8 Å². The smallest absolute Gasteiger partial charge is 0.258 e. The molecule has 3 aromatic rings. The first-order valence-corrected chi connectivity index (χ1v) is 6.23. The molecule has 0 saturated carbocycles. The number of tetrazole rings is 1. The minimum absolute atomic E-state index is 0.231. The van der Waals surface area contributed by atoms with E-state index in [1.807, 2.05) is 0 Å². The van der Waals surface area contributed by atoms with Crippen molar-refractivity contribution in [2.45, 2.75) is 0 Å². The van der Waals surface area contributed by atoms with Crippen molar-refractivity contribution in [1.29, 1.82) is 0 Å². The second-order valence-corrected chi connectivity index (χ2v) is 4.38. The van der Waals surface area contributed by atoms with E-state index in [0.717, 1.165) is 12.1 Å². The number of aromatic nitrogens is 4. The molecule has 0 unspecified atom stereocenters. The molecule has 0 aliphatic carbocycles. The maximum Gasteiger partial charge on any atom is 0.258 e. The maximum absolute atomic E-state index is 13.5. The van der Waals surface area contributed by atoms with E-state index in [2.05, 4.69) is 20.8 Å². The Morgan fingerprint density at radius 2 is 1.86 bits per heavy atom. The number of rotatable bonds is 3. The number of halogens is 2. The lowest BCUT2D eigenvalue weighted by atomic mass is 10.2. The maximum atomic E-state index is 13.5. The van der Waals surface area contributed by atoms with E-state index in [1.54, 1.807) is 24.3 Å². The van der Waals surface area contributed by atoms with Gasteiger partial charge in [0.15, 0.2) is 0 Å². The topological polar surface area (TPSA) is 72.7 Å². The second-order valence-electron chi connectivity index (χ2n) is 4.38. The minimum Gasteiger partial charge on any atom is -0.322 e. The van der Waals surface area contributed by atoms with Crippen LogP contribution in [0.2, 0.25) is 0 Å². The average Bonchev–Trinajstić information content (AvgIpc) is 3.02. The number of amides is 1. The molecular formula is C14H9F2N5O. The van der Waals surface area contributed by atoms with Gasteiger partial charge < -0.3 is 5.32 Å². The molecule has 0 aliphatic rings. The van der Waals surface area contributed by atoms with Gasteiger partial charge in [0, 0.05) is 11.8 Å². The lowest BCUT2D eigenvalue weighted by Gasteiger charge is -2.07. The van der Waals surface area contributed by atoms with Crippen LogP contribution in [0.25, 0.3) is 5.69 Å². The van der Waals surface area contributed by atoms with Crippen molar-refractivity contribution >= 4 is 11.6 Å². The van der Waals surface area contributed by atoms with E-state index in [-0.39, 0.29) is 5.56 Å². The summed E-state index contributed by atoms with van der Waals surface area (Å²) in [6, 6.07) is 9.40. The number of carbonyl (C=O) groups is 1. The fraction of sp³-hybridized carbons (Fsp3) is 0. The van der Waals surface area contributed by atoms with E-state index in [4.69, 9.17) is 0 Å². The third-order valence-electron chi connectivity index (χ3n) is 2.91. The Hall–Kier alpha value is -3.16. The van der Waals surface area contributed by atoms with Gasteiger partial charge in [-0.2, -0.15) is 0 Å². The van der Waals surface area contributed by atoms with Gasteiger partial charge in [-0.1, -0.05) is 0 Å². The molecule has 0 saturated heterocycles. The highest BCUT2D eigenvalue weighted by Crippen LogP contribution is 2.15. The molecule has 1 amide bonds. The van der Waals surface area contributed by atoms with Gasteiger partial charge in [0.25, 0.3) is 5.91 Å². The number of hydrogen-bond donors (Lipinski definition) is 1. The van der Waals surface area contributed by atoms with E-state index in [9.17, 15) is 13.6 Å². The summed E-state index contributed by atoms with van der Waals surface area (Å²) in [5.74, 6) is -2.31. The third kappa shape index (κ3) is 2.80. The quantitative estimate of drug-likeness (QED) is 0.805. The highest BCUT2D eigenvalue weighted by molar-refractivity contribution is 6.04. The van der Waals surface area contributed by atoms with Crippen LogP contribution in [-0.2, 0) is 0 Å². The Kier molecular flexibility index (Phi) is 3.57. The van der Waals surface area contributed by atoms with Crippen LogP contribution in [0.1, 0.15) is 10.4 Å². The lowest BCUT2D eigenvalue weighted by Crippen LogP contribution is -2.14. The minimum atomic E-state index is -0.914. The van der Waals surface area contributed by atoms with Gasteiger partial charge in [0.2, 0.25) is 0 Å². The van der Waals surface area contributed by atoms with E-state index >= 15 is 0 Å². The summed E-state index contributed by atoms with van der Waals surface area (Å²) in [5.41, 5.74) is 0.937. The van der Waals surface area contributed by atoms with Gasteiger partial charge in [0.05, 0.1) is 11.3 Å². The molecule has 0 atom stereocenters. The Morgan fingerprint density at radius 3 is 2.50 bits per heavy atom. The van der Waals surface area contributed by atoms with Crippen molar-refractivity contribution in [2.75, 3.05) is 5.32 Å². The molecule has 1 aromatic heterocycles. The zero-order valence-electron chi connectivity index (χ0n) is 11.1. The van der Waals surface area contributed by atoms with Crippen molar-refractivity contribution in [3.8, 4) is 5.69 Å². The second kappa shape index (κ2) is 5.68. The first-order chi connectivity index (χ1) is 10.6. The Balaban J connectivity index is 1.77. The zero-order valence-corrected chi connectivity index (χ0v) is 11.1. The van der Waals surface area contributed by atoms with Crippen LogP contribution in [0.4, 0.5) is 14.5 Å². The van der Waals surface area contributed by atoms with E-state index in [0.29, 0.717) is 17.4 Å². The highest BCUT2D eigenvalue weighted by Gasteiger charge is 2.12. The van der Waals surface area contributed by atoms with Crippen LogP contribution >= 0.6 is 0 Å². The van der Waals surface area contributed by atoms with E-state index < -0.39 is 17.5 Å². The summed E-state index contributed by atoms with van der Waals surface area (Å²) in [5, 5.41) is 13.3. The molecule has 0 spiro atoms. The molecule has 8 heteroatoms. The molecule has 0 bridgehead atoms. The van der Waals surface area contributed by atoms with Crippen LogP contribution in [0.15, 0.2) is 48.8 Å². The molecule has 6 nitrogen and oxygen atoms in total. The van der Waals surface area contributed by atoms with Crippen molar-refractivity contribution < 1.29 is 13.6 Å². The summed E-state index contributed by atoms with van der Waals surface area (Å²) in [6.07, 6.45) is 1.43. The molecule has 3 rings (SSSR count). The predicted molar refractivity (Wildman–Crippen MR) is 73.5 cm³/mol. The Morgan fingerprint density at radius 1 is 1.09 bits per heavy atom. The summed E-state index contributed by atoms with van der Waals surface area (Å²) >= 11 is 0. The van der Waals surface area contributed by atoms with Crippen molar-refractivity contribution in [2.24, 2.45) is 0 Å². The fourth-order valence-electron chi connectivity index (χ4n) is 1.85. The number of benzene rings is 2. The van der Waals surface area contributed by atoms with Crippen LogP contribution in [0, 0.1) is 11.6 Å². The first-order valence-electron chi connectivity index (χ1n) is 6.23. The average molecular weight is 301 g/mol. The largest absolute Gasteiger partial charge is 0.322 e. The molecule has 110 valence electrons. The summed E-state index contributed by atoms with van der Waals surface area (Å²) in [4.78, 5) is 11.9. The van der Waals surface area contributed by atoms with Crippen LogP contribution < -0.4 is 5.32 Å². The van der Waals surface area contributed by atoms with Crippen LogP contribution in [-0.4, -0.2) is 26.1 Å². The van der Waals surface area contributed by atoms with E-state index in [1.165, 1.54) is 11.0 Å². The zero-order chi connectivity index (χ0) is 15.5. The summed E-state index contributed by atoms with van der Waals surface area (Å²) in [7, 11) is 0. The molecule has 0 radical (unpaired) electrons. The highest BCUT2D eigenvalue weighted by atomic mass is 19.1. The van der Waals surface area contributed by atoms with Crippen LogP contribution in [0.3, 0.4) is 0 Å². The van der Waals surface area contributed by atoms with Crippen molar-refractivity contribution in [3.63, 3.8) is 0 Å². The Labute approximate surface area is 123 Å².